The van der Waals surface area contributed by atoms with Gasteiger partial charge >= 0.3 is 0 Å². The zero-order valence-corrected chi connectivity index (χ0v) is 12.7. The zero-order chi connectivity index (χ0) is 13.1. The highest BCUT2D eigenvalue weighted by Gasteiger charge is 2.19. The number of nitrogens with two attached hydrogens (primary N) is 1. The molecule has 1 aromatic heterocycles. The summed E-state index contributed by atoms with van der Waals surface area (Å²) in [6.45, 7) is 1.83. The lowest BCUT2D eigenvalue weighted by Gasteiger charge is -2.11. The van der Waals surface area contributed by atoms with Crippen LogP contribution in [0.4, 0.5) is 0 Å². The Balaban J connectivity index is 2.86. The molecule has 0 aliphatic heterocycles. The van der Waals surface area contributed by atoms with E-state index in [2.05, 4.69) is 4.72 Å². The second kappa shape index (κ2) is 6.14. The first-order valence-corrected chi connectivity index (χ1v) is 8.88. The van der Waals surface area contributed by atoms with E-state index in [0.717, 1.165) is 17.1 Å². The summed E-state index contributed by atoms with van der Waals surface area (Å²) in [5.41, 5.74) is 5.44. The van der Waals surface area contributed by atoms with Crippen molar-refractivity contribution in [2.75, 3.05) is 12.0 Å². The van der Waals surface area contributed by atoms with Gasteiger partial charge in [-0.05, 0) is 25.3 Å². The molecule has 1 unspecified atom stereocenters. The maximum absolute atomic E-state index is 12.0. The molecule has 0 bridgehead atoms. The smallest absolute Gasteiger partial charge is 0.250 e. The average molecular weight is 310 g/mol. The quantitative estimate of drug-likeness (QED) is 0.777. The molecule has 0 saturated heterocycles. The first-order valence-electron chi connectivity index (χ1n) is 4.77. The van der Waals surface area contributed by atoms with Crippen LogP contribution in [-0.4, -0.2) is 31.5 Å². The number of hydrogen-bond donors (Lipinski definition) is 2. The van der Waals surface area contributed by atoms with E-state index in [4.69, 9.17) is 18.0 Å². The molecular formula is C9H14N2O2S4. The summed E-state index contributed by atoms with van der Waals surface area (Å²) in [6, 6.07) is 3.04. The van der Waals surface area contributed by atoms with Gasteiger partial charge in [-0.3, -0.25) is 0 Å². The molecule has 1 atom stereocenters. The Hall–Kier alpha value is -0.150. The number of nitrogens with one attached hydrogen (secondary N) is 1. The summed E-state index contributed by atoms with van der Waals surface area (Å²) >= 11 is 7.47. The summed E-state index contributed by atoms with van der Waals surface area (Å²) in [5, 5.41) is 0. The third-order valence-electron chi connectivity index (χ3n) is 1.86. The fourth-order valence-electron chi connectivity index (χ4n) is 1.20. The van der Waals surface area contributed by atoms with Crippen LogP contribution in [0, 0.1) is 0 Å². The van der Waals surface area contributed by atoms with E-state index in [1.54, 1.807) is 17.8 Å². The number of rotatable bonds is 6. The molecule has 0 aliphatic rings. The summed E-state index contributed by atoms with van der Waals surface area (Å²) in [7, 11) is -3.45. The van der Waals surface area contributed by atoms with Crippen molar-refractivity contribution in [3.8, 4) is 0 Å². The Morgan fingerprint density at radius 1 is 1.65 bits per heavy atom. The highest BCUT2D eigenvalue weighted by atomic mass is 32.2. The molecule has 96 valence electrons. The largest absolute Gasteiger partial charge is 0.389 e. The van der Waals surface area contributed by atoms with Crippen LogP contribution in [0.5, 0.6) is 0 Å². The molecule has 0 aliphatic carbocycles. The topological polar surface area (TPSA) is 72.2 Å². The standard InChI is InChI=1S/C9H14N2O2S4/c1-6(5-15-2)11-17(12,13)8-4-3-7(16-8)9(10)14/h3-4,6,11H,5H2,1-2H3,(H2,10,14). The molecule has 0 saturated carbocycles. The van der Waals surface area contributed by atoms with Crippen molar-refractivity contribution in [3.63, 3.8) is 0 Å². The van der Waals surface area contributed by atoms with Crippen molar-refractivity contribution in [2.24, 2.45) is 5.73 Å². The first-order chi connectivity index (χ1) is 7.86. The highest BCUT2D eigenvalue weighted by molar-refractivity contribution is 7.98. The van der Waals surface area contributed by atoms with Gasteiger partial charge in [-0.25, -0.2) is 13.1 Å². The third-order valence-corrected chi connectivity index (χ3v) is 6.24. The van der Waals surface area contributed by atoms with Gasteiger partial charge < -0.3 is 5.73 Å². The van der Waals surface area contributed by atoms with Gasteiger partial charge in [-0.2, -0.15) is 11.8 Å². The van der Waals surface area contributed by atoms with E-state index in [9.17, 15) is 8.42 Å². The van der Waals surface area contributed by atoms with Crippen LogP contribution < -0.4 is 10.5 Å². The van der Waals surface area contributed by atoms with Crippen molar-refractivity contribution in [1.82, 2.24) is 4.72 Å². The Morgan fingerprint density at radius 3 is 2.76 bits per heavy atom. The van der Waals surface area contributed by atoms with Gasteiger partial charge in [0.1, 0.15) is 9.20 Å². The van der Waals surface area contributed by atoms with Crippen LogP contribution in [0.3, 0.4) is 0 Å². The molecule has 8 heteroatoms. The van der Waals surface area contributed by atoms with Crippen LogP contribution in [0.15, 0.2) is 16.3 Å². The van der Waals surface area contributed by atoms with E-state index in [1.165, 1.54) is 6.07 Å². The van der Waals surface area contributed by atoms with Crippen LogP contribution >= 0.6 is 35.3 Å². The lowest BCUT2D eigenvalue weighted by Crippen LogP contribution is -2.33. The minimum absolute atomic E-state index is 0.106. The fourth-order valence-corrected chi connectivity index (χ4v) is 4.50. The van der Waals surface area contributed by atoms with Crippen molar-refractivity contribution in [3.05, 3.63) is 17.0 Å². The Labute approximate surface area is 115 Å². The van der Waals surface area contributed by atoms with Crippen molar-refractivity contribution in [1.29, 1.82) is 0 Å². The zero-order valence-electron chi connectivity index (χ0n) is 9.47. The van der Waals surface area contributed by atoms with Crippen molar-refractivity contribution < 1.29 is 8.42 Å². The summed E-state index contributed by atoms with van der Waals surface area (Å²) in [4.78, 5) is 0.825. The van der Waals surface area contributed by atoms with Crippen LogP contribution in [0.1, 0.15) is 11.8 Å². The molecule has 0 aromatic carbocycles. The van der Waals surface area contributed by atoms with E-state index >= 15 is 0 Å². The maximum atomic E-state index is 12.0. The molecule has 4 nitrogen and oxygen atoms in total. The molecule has 0 amide bonds. The molecule has 1 rings (SSSR count). The molecule has 0 spiro atoms. The second-order valence-electron chi connectivity index (χ2n) is 3.46. The highest BCUT2D eigenvalue weighted by Crippen LogP contribution is 2.21. The molecular weight excluding hydrogens is 296 g/mol. The number of hydrogen-bond acceptors (Lipinski definition) is 5. The van der Waals surface area contributed by atoms with Crippen LogP contribution in [-0.2, 0) is 10.0 Å². The predicted molar refractivity (Wildman–Crippen MR) is 78.4 cm³/mol. The van der Waals surface area contributed by atoms with Gasteiger partial charge in [0, 0.05) is 11.8 Å². The summed E-state index contributed by atoms with van der Waals surface area (Å²) < 4.78 is 26.8. The van der Waals surface area contributed by atoms with Gasteiger partial charge in [0.25, 0.3) is 0 Å². The molecule has 17 heavy (non-hydrogen) atoms. The predicted octanol–water partition coefficient (Wildman–Crippen LogP) is 1.41. The van der Waals surface area contributed by atoms with Crippen LogP contribution in [0.2, 0.25) is 0 Å². The van der Waals surface area contributed by atoms with Gasteiger partial charge in [0.05, 0.1) is 4.88 Å². The molecule has 1 heterocycles. The summed E-state index contributed by atoms with van der Waals surface area (Å²) in [6.07, 6.45) is 1.93. The van der Waals surface area contributed by atoms with E-state index in [1.807, 2.05) is 13.2 Å². The number of thiocarbonyl (C=S) groups is 1. The lowest BCUT2D eigenvalue weighted by molar-refractivity contribution is 0.573. The molecule has 0 fully saturated rings. The number of thiophene rings is 1. The minimum atomic E-state index is -3.45. The van der Waals surface area contributed by atoms with E-state index < -0.39 is 10.0 Å². The fraction of sp³-hybridized carbons (Fsp3) is 0.444. The normalized spacial score (nSPS) is 13.5. The first kappa shape index (κ1) is 14.9. The number of sulfonamides is 1. The molecule has 3 N–H and O–H groups in total. The van der Waals surface area contributed by atoms with E-state index in [-0.39, 0.29) is 15.2 Å². The Morgan fingerprint density at radius 2 is 2.29 bits per heavy atom. The Bertz CT molecular complexity index is 495. The second-order valence-corrected chi connectivity index (χ2v) is 7.84. The van der Waals surface area contributed by atoms with Gasteiger partial charge in [0.2, 0.25) is 10.0 Å². The third kappa shape index (κ3) is 4.22. The monoisotopic (exact) mass is 310 g/mol. The SMILES string of the molecule is CSCC(C)NS(=O)(=O)c1ccc(C(N)=S)s1. The van der Waals surface area contributed by atoms with Crippen molar-refractivity contribution >= 4 is 50.3 Å². The average Bonchev–Trinajstić information content (AvgIpc) is 2.65. The van der Waals surface area contributed by atoms with Gasteiger partial charge in [-0.1, -0.05) is 12.2 Å². The van der Waals surface area contributed by atoms with Gasteiger partial charge in [-0.15, -0.1) is 11.3 Å². The summed E-state index contributed by atoms with van der Waals surface area (Å²) in [5.74, 6) is 0.729. The molecule has 1 aromatic rings. The minimum Gasteiger partial charge on any atom is -0.389 e. The molecule has 0 radical (unpaired) electrons. The Kier molecular flexibility index (Phi) is 5.39. The lowest BCUT2D eigenvalue weighted by atomic mass is 10.4. The maximum Gasteiger partial charge on any atom is 0.250 e. The van der Waals surface area contributed by atoms with Crippen molar-refractivity contribution in [2.45, 2.75) is 17.2 Å². The van der Waals surface area contributed by atoms with Gasteiger partial charge in [0.15, 0.2) is 0 Å². The number of thioether (sulfide) groups is 1. The van der Waals surface area contributed by atoms with Crippen LogP contribution in [0.25, 0.3) is 0 Å². The van der Waals surface area contributed by atoms with E-state index in [0.29, 0.717) is 4.88 Å².